The van der Waals surface area contributed by atoms with Crippen molar-refractivity contribution < 1.29 is 0 Å². The summed E-state index contributed by atoms with van der Waals surface area (Å²) < 4.78 is 0. The molecule has 1 N–H and O–H groups in total. The normalized spacial score (nSPS) is 13.2. The lowest BCUT2D eigenvalue weighted by Crippen LogP contribution is -2.38. The zero-order valence-corrected chi connectivity index (χ0v) is 12.1. The maximum atomic E-state index is 3.59. The first-order valence-electron chi connectivity index (χ1n) is 7.35. The minimum atomic E-state index is 0.276. The van der Waals surface area contributed by atoms with Gasteiger partial charge in [-0.1, -0.05) is 73.8 Å². The van der Waals surface area contributed by atoms with Crippen LogP contribution in [0.15, 0.2) is 54.5 Å². The average molecular weight is 261 g/mol. The van der Waals surface area contributed by atoms with Gasteiger partial charge in [0.15, 0.2) is 0 Å². The van der Waals surface area contributed by atoms with Crippen LogP contribution in [-0.2, 0) is 6.42 Å². The summed E-state index contributed by atoms with van der Waals surface area (Å²) in [6.45, 7) is 4.80. The molecule has 0 radical (unpaired) electrons. The van der Waals surface area contributed by atoms with Gasteiger partial charge in [0.2, 0.25) is 0 Å². The molecule has 2 heteroatoms. The van der Waals surface area contributed by atoms with Gasteiger partial charge in [0.25, 0.3) is 0 Å². The predicted octanol–water partition coefficient (Wildman–Crippen LogP) is 3.76. The van der Waals surface area contributed by atoms with E-state index in [4.69, 9.17) is 0 Å². The summed E-state index contributed by atoms with van der Waals surface area (Å²) in [5, 5.41) is 3.59. The van der Waals surface area contributed by atoms with Gasteiger partial charge in [-0.2, -0.15) is 0 Å². The molecule has 0 fully saturated rings. The fraction of sp³-hybridized carbons (Fsp3) is 0.222. The quantitative estimate of drug-likeness (QED) is 0.829. The summed E-state index contributed by atoms with van der Waals surface area (Å²) in [6.07, 6.45) is 3.36. The van der Waals surface area contributed by atoms with Gasteiger partial charge in [0, 0.05) is 5.69 Å². The number of hydrogen-bond acceptors (Lipinski definition) is 1. The minimum absolute atomic E-state index is 0.276. The molecule has 0 spiro atoms. The van der Waals surface area contributed by atoms with Crippen LogP contribution in [0.3, 0.4) is 0 Å². The molecule has 3 rings (SSSR count). The highest BCUT2D eigenvalue weighted by molar-refractivity contribution is 6.81. The molecule has 0 saturated heterocycles. The lowest BCUT2D eigenvalue weighted by Gasteiger charge is -2.20. The van der Waals surface area contributed by atoms with Crippen molar-refractivity contribution in [3.05, 3.63) is 65.6 Å². The fourth-order valence-electron chi connectivity index (χ4n) is 2.72. The van der Waals surface area contributed by atoms with E-state index in [0.717, 1.165) is 6.42 Å². The smallest absolute Gasteiger partial charge is 0.313 e. The Kier molecular flexibility index (Phi) is 3.64. The second-order valence-electron chi connectivity index (χ2n) is 5.91. The summed E-state index contributed by atoms with van der Waals surface area (Å²) in [7, 11) is 0. The lowest BCUT2D eigenvalue weighted by molar-refractivity contribution is 0.647. The van der Waals surface area contributed by atoms with Crippen LogP contribution >= 0.6 is 0 Å². The van der Waals surface area contributed by atoms with Crippen molar-refractivity contribution in [2.75, 3.05) is 5.23 Å². The fourth-order valence-corrected chi connectivity index (χ4v) is 2.72. The summed E-state index contributed by atoms with van der Waals surface area (Å²) in [5.74, 6) is 2.94. The standard InChI is InChI=1S/C18H20BN/c1-14(2)13-15-7-9-17(10-8-15)19-12-11-16-5-3-4-6-18(16)20-19/h3-12,14,20H,13H2,1-2H3. The largest absolute Gasteiger partial charge is 0.420 e. The van der Waals surface area contributed by atoms with Crippen LogP contribution < -0.4 is 10.7 Å². The number of fused-ring (bicyclic) bond motifs is 1. The van der Waals surface area contributed by atoms with Gasteiger partial charge in [-0.3, -0.25) is 0 Å². The van der Waals surface area contributed by atoms with Gasteiger partial charge >= 0.3 is 6.85 Å². The van der Waals surface area contributed by atoms with Crippen molar-refractivity contribution in [1.29, 1.82) is 0 Å². The molecular formula is C18H20BN. The summed E-state index contributed by atoms with van der Waals surface area (Å²) in [5.41, 5.74) is 5.22. The van der Waals surface area contributed by atoms with Crippen molar-refractivity contribution in [3.8, 4) is 0 Å². The van der Waals surface area contributed by atoms with Crippen molar-refractivity contribution in [3.63, 3.8) is 0 Å². The zero-order valence-electron chi connectivity index (χ0n) is 12.1. The molecular weight excluding hydrogens is 241 g/mol. The van der Waals surface area contributed by atoms with E-state index in [0.29, 0.717) is 5.92 Å². The van der Waals surface area contributed by atoms with Crippen LogP contribution in [0, 0.1) is 5.92 Å². The van der Waals surface area contributed by atoms with E-state index < -0.39 is 0 Å². The Morgan fingerprint density at radius 3 is 2.50 bits per heavy atom. The molecule has 1 aliphatic rings. The molecule has 0 amide bonds. The van der Waals surface area contributed by atoms with Gasteiger partial charge in [-0.25, -0.2) is 0 Å². The minimum Gasteiger partial charge on any atom is -0.420 e. The van der Waals surface area contributed by atoms with Crippen LogP contribution in [0.2, 0.25) is 0 Å². The molecule has 0 bridgehead atoms. The number of para-hydroxylation sites is 1. The monoisotopic (exact) mass is 261 g/mol. The molecule has 20 heavy (non-hydrogen) atoms. The molecule has 0 aromatic heterocycles. The number of anilines is 1. The van der Waals surface area contributed by atoms with Gasteiger partial charge in [0.05, 0.1) is 0 Å². The molecule has 2 aromatic carbocycles. The Labute approximate surface area is 121 Å². The SMILES string of the molecule is CC(C)Cc1ccc(B2C=Cc3ccccc3N2)cc1. The highest BCUT2D eigenvalue weighted by Crippen LogP contribution is 2.21. The third kappa shape index (κ3) is 2.80. The van der Waals surface area contributed by atoms with Crippen molar-refractivity contribution in [1.82, 2.24) is 0 Å². The Morgan fingerprint density at radius 2 is 1.75 bits per heavy atom. The number of benzene rings is 2. The topological polar surface area (TPSA) is 12.0 Å². The summed E-state index contributed by atoms with van der Waals surface area (Å²) >= 11 is 0. The van der Waals surface area contributed by atoms with E-state index in [2.05, 4.69) is 79.7 Å². The molecule has 2 aromatic rings. The van der Waals surface area contributed by atoms with Crippen molar-refractivity contribution in [2.24, 2.45) is 5.92 Å². The van der Waals surface area contributed by atoms with Crippen LogP contribution in [0.4, 0.5) is 5.69 Å². The van der Waals surface area contributed by atoms with Crippen LogP contribution in [0.25, 0.3) is 6.08 Å². The Morgan fingerprint density at radius 1 is 1.00 bits per heavy atom. The third-order valence-electron chi connectivity index (χ3n) is 3.72. The first-order chi connectivity index (χ1) is 9.72. The first kappa shape index (κ1) is 13.0. The molecule has 100 valence electrons. The van der Waals surface area contributed by atoms with Crippen LogP contribution in [0.1, 0.15) is 25.0 Å². The van der Waals surface area contributed by atoms with E-state index >= 15 is 0 Å². The van der Waals surface area contributed by atoms with E-state index in [9.17, 15) is 0 Å². The number of rotatable bonds is 3. The van der Waals surface area contributed by atoms with Crippen LogP contribution in [0.5, 0.6) is 0 Å². The molecule has 1 heterocycles. The summed E-state index contributed by atoms with van der Waals surface area (Å²) in [6, 6.07) is 17.4. The molecule has 1 nitrogen and oxygen atoms in total. The first-order valence-corrected chi connectivity index (χ1v) is 7.35. The van der Waals surface area contributed by atoms with Gasteiger partial charge < -0.3 is 5.23 Å². The zero-order chi connectivity index (χ0) is 13.9. The number of hydrogen-bond donors (Lipinski definition) is 1. The van der Waals surface area contributed by atoms with Gasteiger partial charge in [-0.05, 0) is 29.5 Å². The summed E-state index contributed by atoms with van der Waals surface area (Å²) in [4.78, 5) is 0. The second kappa shape index (κ2) is 5.58. The van der Waals surface area contributed by atoms with E-state index in [-0.39, 0.29) is 6.85 Å². The Balaban J connectivity index is 1.78. The Hall–Kier alpha value is -1.96. The molecule has 0 saturated carbocycles. The Bertz CT molecular complexity index is 614. The predicted molar refractivity (Wildman–Crippen MR) is 89.5 cm³/mol. The molecule has 0 aliphatic carbocycles. The van der Waals surface area contributed by atoms with E-state index in [1.54, 1.807) is 0 Å². The van der Waals surface area contributed by atoms with Gasteiger partial charge in [0.1, 0.15) is 0 Å². The average Bonchev–Trinajstić information content (AvgIpc) is 2.47. The van der Waals surface area contributed by atoms with Crippen molar-refractivity contribution in [2.45, 2.75) is 20.3 Å². The maximum Gasteiger partial charge on any atom is 0.313 e. The highest BCUT2D eigenvalue weighted by Gasteiger charge is 2.18. The molecule has 0 atom stereocenters. The van der Waals surface area contributed by atoms with E-state index in [1.165, 1.54) is 22.3 Å². The second-order valence-corrected chi connectivity index (χ2v) is 5.91. The van der Waals surface area contributed by atoms with Crippen LogP contribution in [-0.4, -0.2) is 6.85 Å². The van der Waals surface area contributed by atoms with Gasteiger partial charge in [-0.15, -0.1) is 0 Å². The van der Waals surface area contributed by atoms with Crippen molar-refractivity contribution >= 4 is 24.1 Å². The third-order valence-corrected chi connectivity index (χ3v) is 3.72. The maximum absolute atomic E-state index is 3.59. The highest BCUT2D eigenvalue weighted by atomic mass is 14.8. The number of nitrogens with one attached hydrogen (secondary N) is 1. The molecule has 0 unspecified atom stereocenters. The lowest BCUT2D eigenvalue weighted by atomic mass is 9.54. The van der Waals surface area contributed by atoms with E-state index in [1.807, 2.05) is 0 Å². The molecule has 1 aliphatic heterocycles.